The average Bonchev–Trinajstić information content (AvgIpc) is 2.71. The summed E-state index contributed by atoms with van der Waals surface area (Å²) in [6, 6.07) is 20.2. The zero-order valence-corrected chi connectivity index (χ0v) is 17.6. The van der Waals surface area contributed by atoms with Gasteiger partial charge in [0.15, 0.2) is 0 Å². The molecule has 29 heavy (non-hydrogen) atoms. The Labute approximate surface area is 180 Å². The van der Waals surface area contributed by atoms with Gasteiger partial charge < -0.3 is 15.4 Å². The van der Waals surface area contributed by atoms with Crippen LogP contribution in [0.4, 0.5) is 17.1 Å². The first kappa shape index (κ1) is 21.0. The lowest BCUT2D eigenvalue weighted by Crippen LogP contribution is -2.15. The Morgan fingerprint density at radius 1 is 0.931 bits per heavy atom. The van der Waals surface area contributed by atoms with E-state index in [1.807, 2.05) is 48.5 Å². The second-order valence-electron chi connectivity index (χ2n) is 6.48. The fourth-order valence-corrected chi connectivity index (χ4v) is 3.27. The number of benzene rings is 3. The summed E-state index contributed by atoms with van der Waals surface area (Å²) in [5.41, 5.74) is 2.95. The second-order valence-corrected chi connectivity index (χ2v) is 7.29. The van der Waals surface area contributed by atoms with Gasteiger partial charge in [-0.15, -0.1) is 0 Å². The van der Waals surface area contributed by atoms with Crippen LogP contribution in [0.3, 0.4) is 0 Å². The quantitative estimate of drug-likeness (QED) is 0.419. The van der Waals surface area contributed by atoms with Crippen LogP contribution in [-0.4, -0.2) is 12.5 Å². The van der Waals surface area contributed by atoms with Crippen LogP contribution in [0.2, 0.25) is 10.0 Å². The van der Waals surface area contributed by atoms with E-state index in [0.29, 0.717) is 22.3 Å². The van der Waals surface area contributed by atoms with Crippen molar-refractivity contribution >= 4 is 46.2 Å². The highest BCUT2D eigenvalue weighted by Crippen LogP contribution is 2.33. The Morgan fingerprint density at radius 3 is 2.31 bits per heavy atom. The molecule has 1 amide bonds. The lowest BCUT2D eigenvalue weighted by Gasteiger charge is -2.14. The van der Waals surface area contributed by atoms with Crippen LogP contribution in [0.1, 0.15) is 18.9 Å². The predicted octanol–water partition coefficient (Wildman–Crippen LogP) is 6.71. The summed E-state index contributed by atoms with van der Waals surface area (Å²) in [6.45, 7) is 2.73. The number of para-hydroxylation sites is 2. The minimum Gasteiger partial charge on any atom is -0.494 e. The smallest absolute Gasteiger partial charge is 0.228 e. The topological polar surface area (TPSA) is 50.4 Å². The standard InChI is InChI=1S/C23H22Cl2N2O2/c1-2-14-29-18-12-10-17(11-13-18)26-22(28)15-16-6-3-4-9-21(16)27-23-19(24)7-5-8-20(23)25/h3-13,27H,2,14-15H2,1H3,(H,26,28). The van der Waals surface area contributed by atoms with E-state index in [2.05, 4.69) is 17.6 Å². The zero-order chi connectivity index (χ0) is 20.6. The van der Waals surface area contributed by atoms with Crippen molar-refractivity contribution in [2.45, 2.75) is 19.8 Å². The number of hydrogen-bond acceptors (Lipinski definition) is 3. The van der Waals surface area contributed by atoms with Gasteiger partial charge in [0.05, 0.1) is 28.8 Å². The largest absolute Gasteiger partial charge is 0.494 e. The molecule has 0 spiro atoms. The Bertz CT molecular complexity index is 955. The van der Waals surface area contributed by atoms with Crippen molar-refractivity contribution < 1.29 is 9.53 Å². The van der Waals surface area contributed by atoms with Gasteiger partial charge in [0.2, 0.25) is 5.91 Å². The molecule has 3 aromatic rings. The van der Waals surface area contributed by atoms with Gasteiger partial charge >= 0.3 is 0 Å². The van der Waals surface area contributed by atoms with Gasteiger partial charge in [-0.1, -0.05) is 54.4 Å². The average molecular weight is 429 g/mol. The number of amides is 1. The molecule has 0 aliphatic heterocycles. The number of anilines is 3. The van der Waals surface area contributed by atoms with Crippen LogP contribution < -0.4 is 15.4 Å². The molecule has 0 aromatic heterocycles. The first-order valence-corrected chi connectivity index (χ1v) is 10.1. The molecule has 0 unspecified atom stereocenters. The van der Waals surface area contributed by atoms with Crippen molar-refractivity contribution in [2.24, 2.45) is 0 Å². The summed E-state index contributed by atoms with van der Waals surface area (Å²) in [5, 5.41) is 7.19. The number of hydrogen-bond donors (Lipinski definition) is 2. The van der Waals surface area contributed by atoms with E-state index in [9.17, 15) is 4.79 Å². The van der Waals surface area contributed by atoms with Crippen molar-refractivity contribution in [1.29, 1.82) is 0 Å². The summed E-state index contributed by atoms with van der Waals surface area (Å²) < 4.78 is 5.56. The van der Waals surface area contributed by atoms with E-state index in [0.717, 1.165) is 29.1 Å². The maximum Gasteiger partial charge on any atom is 0.228 e. The first-order chi connectivity index (χ1) is 14.1. The molecule has 0 fully saturated rings. The highest BCUT2D eigenvalue weighted by Gasteiger charge is 2.11. The Kier molecular flexibility index (Phi) is 7.39. The van der Waals surface area contributed by atoms with Gasteiger partial charge in [-0.05, 0) is 54.4 Å². The van der Waals surface area contributed by atoms with Crippen LogP contribution in [0, 0.1) is 0 Å². The molecule has 0 atom stereocenters. The van der Waals surface area contributed by atoms with E-state index in [-0.39, 0.29) is 12.3 Å². The molecule has 0 heterocycles. The molecule has 3 aromatic carbocycles. The molecule has 0 aliphatic carbocycles. The van der Waals surface area contributed by atoms with Gasteiger partial charge in [0.25, 0.3) is 0 Å². The lowest BCUT2D eigenvalue weighted by molar-refractivity contribution is -0.115. The minimum atomic E-state index is -0.119. The third-order valence-corrected chi connectivity index (χ3v) is 4.83. The number of ether oxygens (including phenoxy) is 1. The molecule has 0 saturated carbocycles. The van der Waals surface area contributed by atoms with Gasteiger partial charge in [-0.3, -0.25) is 4.79 Å². The normalized spacial score (nSPS) is 10.4. The van der Waals surface area contributed by atoms with Crippen LogP contribution in [0.5, 0.6) is 5.75 Å². The summed E-state index contributed by atoms with van der Waals surface area (Å²) in [7, 11) is 0. The van der Waals surface area contributed by atoms with Gasteiger partial charge in [0.1, 0.15) is 5.75 Å². The fraction of sp³-hybridized carbons (Fsp3) is 0.174. The molecule has 0 bridgehead atoms. The van der Waals surface area contributed by atoms with E-state index in [1.165, 1.54) is 0 Å². The Balaban J connectivity index is 1.68. The molecule has 0 radical (unpaired) electrons. The zero-order valence-electron chi connectivity index (χ0n) is 16.0. The number of rotatable bonds is 8. The molecule has 6 heteroatoms. The SMILES string of the molecule is CCCOc1ccc(NC(=O)Cc2ccccc2Nc2c(Cl)cccc2Cl)cc1. The van der Waals surface area contributed by atoms with Gasteiger partial charge in [0, 0.05) is 11.4 Å². The van der Waals surface area contributed by atoms with Crippen molar-refractivity contribution in [3.8, 4) is 5.75 Å². The summed E-state index contributed by atoms with van der Waals surface area (Å²) in [4.78, 5) is 12.6. The van der Waals surface area contributed by atoms with Crippen molar-refractivity contribution in [2.75, 3.05) is 17.2 Å². The van der Waals surface area contributed by atoms with E-state index in [1.54, 1.807) is 18.2 Å². The monoisotopic (exact) mass is 428 g/mol. The summed E-state index contributed by atoms with van der Waals surface area (Å²) in [6.07, 6.45) is 1.16. The van der Waals surface area contributed by atoms with Crippen LogP contribution in [0.25, 0.3) is 0 Å². The molecule has 150 valence electrons. The number of halogens is 2. The third kappa shape index (κ3) is 5.89. The number of carbonyl (C=O) groups is 1. The highest BCUT2D eigenvalue weighted by molar-refractivity contribution is 6.39. The number of carbonyl (C=O) groups excluding carboxylic acids is 1. The highest BCUT2D eigenvalue weighted by atomic mass is 35.5. The maximum absolute atomic E-state index is 12.6. The molecule has 2 N–H and O–H groups in total. The predicted molar refractivity (Wildman–Crippen MR) is 121 cm³/mol. The maximum atomic E-state index is 12.6. The van der Waals surface area contributed by atoms with E-state index >= 15 is 0 Å². The molecule has 3 rings (SSSR count). The molecule has 4 nitrogen and oxygen atoms in total. The second kappa shape index (κ2) is 10.2. The fourth-order valence-electron chi connectivity index (χ4n) is 2.78. The lowest BCUT2D eigenvalue weighted by atomic mass is 10.1. The third-order valence-electron chi connectivity index (χ3n) is 4.20. The van der Waals surface area contributed by atoms with E-state index in [4.69, 9.17) is 27.9 Å². The van der Waals surface area contributed by atoms with Crippen molar-refractivity contribution in [1.82, 2.24) is 0 Å². The van der Waals surface area contributed by atoms with Crippen LogP contribution in [0.15, 0.2) is 66.7 Å². The van der Waals surface area contributed by atoms with Gasteiger partial charge in [-0.25, -0.2) is 0 Å². The molecular weight excluding hydrogens is 407 g/mol. The first-order valence-electron chi connectivity index (χ1n) is 9.38. The minimum absolute atomic E-state index is 0.119. The van der Waals surface area contributed by atoms with Crippen LogP contribution in [-0.2, 0) is 11.2 Å². The molecule has 0 saturated heterocycles. The van der Waals surface area contributed by atoms with Crippen molar-refractivity contribution in [3.63, 3.8) is 0 Å². The Hall–Kier alpha value is -2.69. The summed E-state index contributed by atoms with van der Waals surface area (Å²) >= 11 is 12.5. The molecular formula is C23H22Cl2N2O2. The van der Waals surface area contributed by atoms with Crippen molar-refractivity contribution in [3.05, 3.63) is 82.3 Å². The van der Waals surface area contributed by atoms with Gasteiger partial charge in [-0.2, -0.15) is 0 Å². The number of nitrogens with one attached hydrogen (secondary N) is 2. The summed E-state index contributed by atoms with van der Waals surface area (Å²) in [5.74, 6) is 0.669. The van der Waals surface area contributed by atoms with Crippen LogP contribution >= 0.6 is 23.2 Å². The molecule has 0 aliphatic rings. The van der Waals surface area contributed by atoms with E-state index < -0.39 is 0 Å². The Morgan fingerprint density at radius 2 is 1.62 bits per heavy atom.